The lowest BCUT2D eigenvalue weighted by Gasteiger charge is -1.95. The van der Waals surface area contributed by atoms with Crippen LogP contribution in [0.15, 0.2) is 36.5 Å². The van der Waals surface area contributed by atoms with Crippen molar-refractivity contribution in [3.05, 3.63) is 36.5 Å². The molecule has 0 aliphatic rings. The first-order valence-corrected chi connectivity index (χ1v) is 8.33. The van der Waals surface area contributed by atoms with Gasteiger partial charge >= 0.3 is 5.97 Å². The van der Waals surface area contributed by atoms with E-state index < -0.39 is 0 Å². The van der Waals surface area contributed by atoms with E-state index in [0.717, 1.165) is 25.7 Å². The molecule has 0 aliphatic carbocycles. The van der Waals surface area contributed by atoms with Crippen LogP contribution in [0.25, 0.3) is 0 Å². The maximum absolute atomic E-state index is 10.9. The van der Waals surface area contributed by atoms with Gasteiger partial charge in [0.2, 0.25) is 0 Å². The van der Waals surface area contributed by atoms with Crippen LogP contribution < -0.4 is 0 Å². The maximum atomic E-state index is 10.9. The van der Waals surface area contributed by atoms with Gasteiger partial charge in [-0.15, -0.1) is 0 Å². The van der Waals surface area contributed by atoms with Crippen molar-refractivity contribution in [3.63, 3.8) is 0 Å². The van der Waals surface area contributed by atoms with Crippen molar-refractivity contribution in [3.8, 4) is 0 Å². The van der Waals surface area contributed by atoms with Gasteiger partial charge in [0.15, 0.2) is 0 Å². The van der Waals surface area contributed by atoms with Crippen LogP contribution in [0.3, 0.4) is 0 Å². The number of hydrogen-bond acceptors (Lipinski definition) is 2. The van der Waals surface area contributed by atoms with Crippen molar-refractivity contribution < 1.29 is 9.53 Å². The van der Waals surface area contributed by atoms with Gasteiger partial charge in [-0.05, 0) is 38.5 Å². The molecule has 0 aromatic carbocycles. The number of carbonyl (C=O) groups is 1. The van der Waals surface area contributed by atoms with Crippen LogP contribution in [0.4, 0.5) is 0 Å². The highest BCUT2D eigenvalue weighted by molar-refractivity contribution is 5.68. The van der Waals surface area contributed by atoms with Crippen molar-refractivity contribution in [2.75, 3.05) is 7.11 Å². The third-order valence-corrected chi connectivity index (χ3v) is 3.25. The molecule has 0 N–H and O–H groups in total. The summed E-state index contributed by atoms with van der Waals surface area (Å²) in [4.78, 5) is 10.9. The Bertz CT molecular complexity index is 314. The van der Waals surface area contributed by atoms with Gasteiger partial charge in [0, 0.05) is 6.42 Å². The summed E-state index contributed by atoms with van der Waals surface area (Å²) in [6, 6.07) is 0. The highest BCUT2D eigenvalue weighted by Crippen LogP contribution is 2.03. The van der Waals surface area contributed by atoms with Gasteiger partial charge in [-0.1, -0.05) is 62.6 Å². The molecule has 0 atom stereocenters. The third kappa shape index (κ3) is 16.6. The summed E-state index contributed by atoms with van der Waals surface area (Å²) >= 11 is 0. The largest absolute Gasteiger partial charge is 0.469 e. The second kappa shape index (κ2) is 16.7. The smallest absolute Gasteiger partial charge is 0.305 e. The second-order valence-corrected chi connectivity index (χ2v) is 5.20. The van der Waals surface area contributed by atoms with E-state index >= 15 is 0 Å². The minimum absolute atomic E-state index is 0.121. The highest BCUT2D eigenvalue weighted by Gasteiger charge is 1.96. The first kappa shape index (κ1) is 19.7. The predicted molar refractivity (Wildman–Crippen MR) is 91.3 cm³/mol. The Balaban J connectivity index is 3.35. The molecule has 0 bridgehead atoms. The minimum atomic E-state index is -0.121. The van der Waals surface area contributed by atoms with Gasteiger partial charge in [0.05, 0.1) is 7.11 Å². The molecule has 0 aliphatic heterocycles. The molecule has 120 valence electrons. The summed E-state index contributed by atoms with van der Waals surface area (Å²) in [5, 5.41) is 0. The molecule has 2 nitrogen and oxygen atoms in total. The van der Waals surface area contributed by atoms with Gasteiger partial charge in [-0.3, -0.25) is 4.79 Å². The lowest BCUT2D eigenvalue weighted by atomic mass is 10.1. The first-order chi connectivity index (χ1) is 10.3. The fourth-order valence-electron chi connectivity index (χ4n) is 1.93. The highest BCUT2D eigenvalue weighted by atomic mass is 16.5. The van der Waals surface area contributed by atoms with Gasteiger partial charge in [-0.2, -0.15) is 0 Å². The SMILES string of the molecule is CCCCCCC=CCC=CCC=CCCCC(=O)OC. The van der Waals surface area contributed by atoms with Crippen molar-refractivity contribution in [2.45, 2.75) is 71.1 Å². The summed E-state index contributed by atoms with van der Waals surface area (Å²) in [6.45, 7) is 2.24. The molecule has 2 heteroatoms. The van der Waals surface area contributed by atoms with E-state index in [1.807, 2.05) is 0 Å². The Morgan fingerprint density at radius 3 is 1.95 bits per heavy atom. The third-order valence-electron chi connectivity index (χ3n) is 3.25. The van der Waals surface area contributed by atoms with E-state index in [-0.39, 0.29) is 5.97 Å². The van der Waals surface area contributed by atoms with Crippen molar-refractivity contribution in [2.24, 2.45) is 0 Å². The molecule has 0 aromatic heterocycles. The van der Waals surface area contributed by atoms with Crippen LogP contribution in [0, 0.1) is 0 Å². The van der Waals surface area contributed by atoms with E-state index in [9.17, 15) is 4.79 Å². The topological polar surface area (TPSA) is 26.3 Å². The fraction of sp³-hybridized carbons (Fsp3) is 0.632. The summed E-state index contributed by atoms with van der Waals surface area (Å²) in [7, 11) is 1.43. The Labute approximate surface area is 131 Å². The predicted octanol–water partition coefficient (Wildman–Crippen LogP) is 5.75. The number of allylic oxidation sites excluding steroid dienone is 6. The zero-order valence-electron chi connectivity index (χ0n) is 13.9. The quantitative estimate of drug-likeness (QED) is 0.245. The normalized spacial score (nSPS) is 11.9. The Morgan fingerprint density at radius 1 is 0.810 bits per heavy atom. The van der Waals surface area contributed by atoms with E-state index in [0.29, 0.717) is 6.42 Å². The molecule has 0 rings (SSSR count). The molecule has 0 fully saturated rings. The van der Waals surface area contributed by atoms with Crippen molar-refractivity contribution in [1.29, 1.82) is 0 Å². The van der Waals surface area contributed by atoms with Crippen LogP contribution >= 0.6 is 0 Å². The summed E-state index contributed by atoms with van der Waals surface area (Å²) in [5.74, 6) is -0.121. The van der Waals surface area contributed by atoms with Crippen LogP contribution in [0.2, 0.25) is 0 Å². The van der Waals surface area contributed by atoms with Gasteiger partial charge in [-0.25, -0.2) is 0 Å². The monoisotopic (exact) mass is 292 g/mol. The molecule has 0 radical (unpaired) electrons. The Kier molecular flexibility index (Phi) is 15.7. The van der Waals surface area contributed by atoms with Gasteiger partial charge in [0.1, 0.15) is 0 Å². The fourth-order valence-corrected chi connectivity index (χ4v) is 1.93. The van der Waals surface area contributed by atoms with Crippen LogP contribution in [0.5, 0.6) is 0 Å². The van der Waals surface area contributed by atoms with Crippen molar-refractivity contribution >= 4 is 5.97 Å². The van der Waals surface area contributed by atoms with Crippen LogP contribution in [0.1, 0.15) is 71.1 Å². The lowest BCUT2D eigenvalue weighted by molar-refractivity contribution is -0.140. The van der Waals surface area contributed by atoms with Crippen LogP contribution in [-0.4, -0.2) is 13.1 Å². The standard InChI is InChI=1S/C19H32O2/c1-3-4-5-6-7-8-9-10-11-12-13-14-15-16-17-18-19(20)21-2/h8-9,11-12,14-15H,3-7,10,13,16-18H2,1-2H3. The molecule has 21 heavy (non-hydrogen) atoms. The zero-order chi connectivity index (χ0) is 15.6. The number of hydrogen-bond donors (Lipinski definition) is 0. The molecule has 0 amide bonds. The molecule has 0 spiro atoms. The number of unbranched alkanes of at least 4 members (excludes halogenated alkanes) is 5. The number of esters is 1. The molecule has 0 aromatic rings. The Morgan fingerprint density at radius 2 is 1.38 bits per heavy atom. The second-order valence-electron chi connectivity index (χ2n) is 5.20. The molecule has 0 unspecified atom stereocenters. The number of ether oxygens (including phenoxy) is 1. The first-order valence-electron chi connectivity index (χ1n) is 8.33. The average molecular weight is 292 g/mol. The summed E-state index contributed by atoms with van der Waals surface area (Å²) in [5.41, 5.74) is 0. The van der Waals surface area contributed by atoms with Crippen molar-refractivity contribution in [1.82, 2.24) is 0 Å². The number of methoxy groups -OCH3 is 1. The maximum Gasteiger partial charge on any atom is 0.305 e. The van der Waals surface area contributed by atoms with Crippen LogP contribution in [-0.2, 0) is 9.53 Å². The molecular weight excluding hydrogens is 260 g/mol. The molecular formula is C19H32O2. The van der Waals surface area contributed by atoms with E-state index in [4.69, 9.17) is 0 Å². The van der Waals surface area contributed by atoms with E-state index in [2.05, 4.69) is 48.1 Å². The minimum Gasteiger partial charge on any atom is -0.469 e. The average Bonchev–Trinajstić information content (AvgIpc) is 2.50. The van der Waals surface area contributed by atoms with Gasteiger partial charge in [0.25, 0.3) is 0 Å². The summed E-state index contributed by atoms with van der Waals surface area (Å²) in [6.07, 6.45) is 24.1. The Hall–Kier alpha value is -1.31. The zero-order valence-corrected chi connectivity index (χ0v) is 13.9. The van der Waals surface area contributed by atoms with Gasteiger partial charge < -0.3 is 4.74 Å². The molecule has 0 saturated carbocycles. The number of rotatable bonds is 13. The van der Waals surface area contributed by atoms with E-state index in [1.54, 1.807) is 0 Å². The van der Waals surface area contributed by atoms with E-state index in [1.165, 1.54) is 39.2 Å². The molecule has 0 saturated heterocycles. The number of carbonyl (C=O) groups excluding carboxylic acids is 1. The lowest BCUT2D eigenvalue weighted by Crippen LogP contribution is -1.98. The summed E-state index contributed by atoms with van der Waals surface area (Å²) < 4.78 is 4.59. The molecule has 0 heterocycles.